The molecule has 0 spiro atoms. The Hall–Kier alpha value is 0.132. The number of carbonyl (C=O) groups excluding carboxylic acids is 1. The van der Waals surface area contributed by atoms with E-state index < -0.39 is 5.97 Å². The molecule has 0 rings (SSSR count). The topological polar surface area (TPSA) is 40.1 Å². The van der Waals surface area contributed by atoms with E-state index in [0.717, 1.165) is 6.92 Å². The van der Waals surface area contributed by atoms with E-state index in [4.69, 9.17) is 9.90 Å². The Morgan fingerprint density at radius 2 is 1.80 bits per heavy atom. The van der Waals surface area contributed by atoms with Crippen molar-refractivity contribution in [2.24, 2.45) is 0 Å². The molecule has 0 saturated carbocycles. The molecule has 0 heterocycles. The molecule has 0 N–H and O–H groups in total. The molecule has 0 aromatic carbocycles. The third-order valence-electron chi connectivity index (χ3n) is 0. The Labute approximate surface area is 43.8 Å². The van der Waals surface area contributed by atoms with Gasteiger partial charge in [0.05, 0.1) is 0 Å². The van der Waals surface area contributed by atoms with E-state index in [0.29, 0.717) is 0 Å². The average Bonchev–Trinajstić information content (AvgIpc) is 0.811. The van der Waals surface area contributed by atoms with Crippen LogP contribution in [0, 0.1) is 0 Å². The van der Waals surface area contributed by atoms with Crippen LogP contribution < -0.4 is 5.11 Å². The van der Waals surface area contributed by atoms with Crippen LogP contribution in [0.15, 0.2) is 0 Å². The van der Waals surface area contributed by atoms with Gasteiger partial charge in [0.2, 0.25) is 0 Å². The third-order valence-corrected chi connectivity index (χ3v) is 0. The summed E-state index contributed by atoms with van der Waals surface area (Å²) in [5.41, 5.74) is 0. The molecule has 0 aromatic rings. The van der Waals surface area contributed by atoms with Crippen LogP contribution in [0.3, 0.4) is 0 Å². The van der Waals surface area contributed by atoms with E-state index in [1.54, 1.807) is 0 Å². The van der Waals surface area contributed by atoms with E-state index in [2.05, 4.69) is 0 Å². The van der Waals surface area contributed by atoms with Crippen LogP contribution >= 0.6 is 0 Å². The molecule has 5 heavy (non-hydrogen) atoms. The van der Waals surface area contributed by atoms with Gasteiger partial charge in [-0.05, 0) is 6.92 Å². The fourth-order valence-corrected chi connectivity index (χ4v) is 0. The SMILES string of the molecule is CC(=O)[O-].[Pd]. The molecule has 0 fully saturated rings. The molecular formula is C2H3O2Pd-. The maximum Gasteiger partial charge on any atom is 0.0383 e. The van der Waals surface area contributed by atoms with Crippen molar-refractivity contribution in [2.75, 3.05) is 0 Å². The average molecular weight is 165 g/mol. The van der Waals surface area contributed by atoms with Crippen molar-refractivity contribution in [2.45, 2.75) is 6.92 Å². The number of carboxylic acid groups (broad SMARTS) is 1. The summed E-state index contributed by atoms with van der Waals surface area (Å²) < 4.78 is 0. The van der Waals surface area contributed by atoms with Crippen molar-refractivity contribution in [1.29, 1.82) is 0 Å². The quantitative estimate of drug-likeness (QED) is 0.421. The summed E-state index contributed by atoms with van der Waals surface area (Å²) in [6, 6.07) is 0. The Balaban J connectivity index is 0. The molecular weight excluding hydrogens is 162 g/mol. The monoisotopic (exact) mass is 165 g/mol. The molecule has 0 radical (unpaired) electrons. The van der Waals surface area contributed by atoms with Crippen molar-refractivity contribution >= 4 is 5.97 Å². The van der Waals surface area contributed by atoms with Gasteiger partial charge in [-0.25, -0.2) is 0 Å². The van der Waals surface area contributed by atoms with E-state index in [1.165, 1.54) is 0 Å². The van der Waals surface area contributed by atoms with Gasteiger partial charge >= 0.3 is 0 Å². The van der Waals surface area contributed by atoms with Crippen LogP contribution in [-0.4, -0.2) is 5.97 Å². The zero-order valence-electron chi connectivity index (χ0n) is 2.63. The van der Waals surface area contributed by atoms with Crippen molar-refractivity contribution in [1.82, 2.24) is 0 Å². The Kier molecular flexibility index (Phi) is 7.38. The fraction of sp³-hybridized carbons (Fsp3) is 0.500. The molecule has 0 aliphatic carbocycles. The van der Waals surface area contributed by atoms with Crippen LogP contribution in [0.1, 0.15) is 6.92 Å². The van der Waals surface area contributed by atoms with Crippen LogP contribution in [0.4, 0.5) is 0 Å². The summed E-state index contributed by atoms with van der Waals surface area (Å²) in [5.74, 6) is -1.08. The van der Waals surface area contributed by atoms with Gasteiger partial charge in [-0.2, -0.15) is 0 Å². The van der Waals surface area contributed by atoms with E-state index in [1.807, 2.05) is 0 Å². The van der Waals surface area contributed by atoms with Crippen molar-refractivity contribution in [3.63, 3.8) is 0 Å². The normalized spacial score (nSPS) is 5.00. The second-order valence-corrected chi connectivity index (χ2v) is 0.492. The molecule has 0 atom stereocenters. The summed E-state index contributed by atoms with van der Waals surface area (Å²) >= 11 is 0. The molecule has 2 nitrogen and oxygen atoms in total. The number of carboxylic acids is 1. The van der Waals surface area contributed by atoms with Gasteiger partial charge in [0.25, 0.3) is 0 Å². The van der Waals surface area contributed by atoms with Gasteiger partial charge in [-0.3, -0.25) is 0 Å². The van der Waals surface area contributed by atoms with Crippen molar-refractivity contribution < 1.29 is 30.3 Å². The summed E-state index contributed by atoms with van der Waals surface area (Å²) in [7, 11) is 0. The summed E-state index contributed by atoms with van der Waals surface area (Å²) in [5, 5.41) is 8.89. The second-order valence-electron chi connectivity index (χ2n) is 0.492. The van der Waals surface area contributed by atoms with Gasteiger partial charge in [0, 0.05) is 26.4 Å². The van der Waals surface area contributed by atoms with Gasteiger partial charge in [-0.1, -0.05) is 0 Å². The van der Waals surface area contributed by atoms with E-state index >= 15 is 0 Å². The standard InChI is InChI=1S/C2H4O2.Pd/c1-2(3)4;/h1H3,(H,3,4);/p-1. The van der Waals surface area contributed by atoms with Gasteiger partial charge in [-0.15, -0.1) is 0 Å². The zero-order chi connectivity index (χ0) is 3.58. The minimum atomic E-state index is -1.08. The first-order valence-electron chi connectivity index (χ1n) is 0.908. The first-order chi connectivity index (χ1) is 1.73. The Morgan fingerprint density at radius 1 is 1.80 bits per heavy atom. The summed E-state index contributed by atoms with van der Waals surface area (Å²) in [6.45, 7) is 0.972. The van der Waals surface area contributed by atoms with Gasteiger partial charge < -0.3 is 9.90 Å². The molecule has 0 amide bonds. The van der Waals surface area contributed by atoms with Crippen LogP contribution in [0.2, 0.25) is 0 Å². The van der Waals surface area contributed by atoms with Gasteiger partial charge in [0.15, 0.2) is 0 Å². The van der Waals surface area contributed by atoms with Crippen LogP contribution in [-0.2, 0) is 25.2 Å². The number of hydrogen-bond acceptors (Lipinski definition) is 2. The number of aliphatic carboxylic acids is 1. The van der Waals surface area contributed by atoms with E-state index in [-0.39, 0.29) is 20.4 Å². The van der Waals surface area contributed by atoms with E-state index in [9.17, 15) is 0 Å². The molecule has 0 unspecified atom stereocenters. The minimum absolute atomic E-state index is 0. The molecule has 3 heteroatoms. The molecule has 0 aliphatic heterocycles. The zero-order valence-corrected chi connectivity index (χ0v) is 4.19. The number of rotatable bonds is 0. The molecule has 34 valence electrons. The summed E-state index contributed by atoms with van der Waals surface area (Å²) in [6.07, 6.45) is 0. The fourth-order valence-electron chi connectivity index (χ4n) is 0. The molecule has 0 saturated heterocycles. The maximum atomic E-state index is 8.89. The number of carbonyl (C=O) groups is 1. The smallest absolute Gasteiger partial charge is 0.0383 e. The Bertz CT molecular complexity index is 30.6. The molecule has 0 bridgehead atoms. The predicted molar refractivity (Wildman–Crippen MR) is 10.7 cm³/mol. The Morgan fingerprint density at radius 3 is 1.80 bits per heavy atom. The van der Waals surface area contributed by atoms with Crippen molar-refractivity contribution in [3.05, 3.63) is 0 Å². The summed E-state index contributed by atoms with van der Waals surface area (Å²) in [4.78, 5) is 8.89. The first-order valence-corrected chi connectivity index (χ1v) is 0.908. The molecule has 0 aliphatic rings. The molecule has 0 aromatic heterocycles. The first kappa shape index (κ1) is 8.93. The predicted octanol–water partition coefficient (Wildman–Crippen LogP) is -1.25. The maximum absolute atomic E-state index is 8.89. The van der Waals surface area contributed by atoms with Crippen LogP contribution in [0.5, 0.6) is 0 Å². The largest absolute Gasteiger partial charge is 0.550 e. The van der Waals surface area contributed by atoms with Crippen molar-refractivity contribution in [3.8, 4) is 0 Å². The van der Waals surface area contributed by atoms with Gasteiger partial charge in [0.1, 0.15) is 0 Å². The third kappa shape index (κ3) is 1070. The van der Waals surface area contributed by atoms with Crippen LogP contribution in [0.25, 0.3) is 0 Å². The number of hydrogen-bond donors (Lipinski definition) is 0. The minimum Gasteiger partial charge on any atom is -0.550 e. The second kappa shape index (κ2) is 4.13.